The maximum atomic E-state index is 5.47. The van der Waals surface area contributed by atoms with Crippen LogP contribution in [-0.2, 0) is 11.2 Å². The van der Waals surface area contributed by atoms with Crippen LogP contribution in [0.3, 0.4) is 0 Å². The third kappa shape index (κ3) is 3.55. The maximum Gasteiger partial charge on any atom is 0.0815 e. The second kappa shape index (κ2) is 7.77. The molecule has 28 heavy (non-hydrogen) atoms. The van der Waals surface area contributed by atoms with Crippen LogP contribution in [-0.4, -0.2) is 12.7 Å². The summed E-state index contributed by atoms with van der Waals surface area (Å²) in [5, 5.41) is 5.61. The van der Waals surface area contributed by atoms with Gasteiger partial charge in [0, 0.05) is 0 Å². The molecule has 2 atom stereocenters. The molecule has 2 unspecified atom stereocenters. The average molecular weight is 367 g/mol. The average Bonchev–Trinajstić information content (AvgIpc) is 3.59. The van der Waals surface area contributed by atoms with E-state index in [4.69, 9.17) is 4.74 Å². The maximum absolute atomic E-state index is 5.47. The molecule has 0 saturated carbocycles. The molecule has 0 radical (unpaired) electrons. The first-order valence-corrected chi connectivity index (χ1v) is 10.4. The van der Waals surface area contributed by atoms with Gasteiger partial charge in [0.15, 0.2) is 0 Å². The van der Waals surface area contributed by atoms with Crippen molar-refractivity contribution in [1.29, 1.82) is 0 Å². The molecule has 1 fully saturated rings. The highest BCUT2D eigenvalue weighted by Crippen LogP contribution is 2.41. The van der Waals surface area contributed by atoms with Gasteiger partial charge >= 0.3 is 0 Å². The first-order valence-electron chi connectivity index (χ1n) is 10.4. The summed E-state index contributed by atoms with van der Waals surface area (Å²) >= 11 is 0. The quantitative estimate of drug-likeness (QED) is 0.278. The van der Waals surface area contributed by atoms with Gasteiger partial charge in [-0.05, 0) is 64.3 Å². The molecule has 2 aliphatic rings. The molecule has 140 valence electrons. The molecule has 4 aromatic rings. The Morgan fingerprint density at radius 2 is 1.43 bits per heavy atom. The molecule has 1 heteroatoms. The fourth-order valence-electron chi connectivity index (χ4n) is 4.66. The van der Waals surface area contributed by atoms with E-state index in [-0.39, 0.29) is 0 Å². The second-order valence-electron chi connectivity index (χ2n) is 7.95. The van der Waals surface area contributed by atoms with Crippen molar-refractivity contribution in [3.63, 3.8) is 0 Å². The third-order valence-corrected chi connectivity index (χ3v) is 6.11. The SMILES string of the molecule is c1ccc2c(c1)ccc1c3c(ccc12)C(CC1CO1)CCC3.c1ccccc1. The van der Waals surface area contributed by atoms with Crippen LogP contribution in [0.4, 0.5) is 0 Å². The molecule has 1 saturated heterocycles. The smallest absolute Gasteiger partial charge is 0.0815 e. The van der Waals surface area contributed by atoms with Gasteiger partial charge < -0.3 is 4.74 Å². The number of hydrogen-bond donors (Lipinski definition) is 0. The van der Waals surface area contributed by atoms with Gasteiger partial charge in [-0.1, -0.05) is 84.9 Å². The summed E-state index contributed by atoms with van der Waals surface area (Å²) in [6.45, 7) is 0.976. The molecular formula is C27H26O. The summed E-state index contributed by atoms with van der Waals surface area (Å²) in [6, 6.07) is 30.1. The van der Waals surface area contributed by atoms with Gasteiger partial charge in [-0.25, -0.2) is 0 Å². The Morgan fingerprint density at radius 1 is 0.714 bits per heavy atom. The fraction of sp³-hybridized carbons (Fsp3) is 0.259. The van der Waals surface area contributed by atoms with Crippen molar-refractivity contribution in [3.8, 4) is 0 Å². The molecule has 0 bridgehead atoms. The van der Waals surface area contributed by atoms with Gasteiger partial charge in [-0.15, -0.1) is 0 Å². The number of benzene rings is 4. The predicted molar refractivity (Wildman–Crippen MR) is 118 cm³/mol. The van der Waals surface area contributed by atoms with Gasteiger partial charge in [-0.3, -0.25) is 0 Å². The minimum absolute atomic E-state index is 0.531. The van der Waals surface area contributed by atoms with E-state index in [9.17, 15) is 0 Å². The summed E-state index contributed by atoms with van der Waals surface area (Å²) < 4.78 is 5.47. The summed E-state index contributed by atoms with van der Waals surface area (Å²) in [7, 11) is 0. The molecule has 0 spiro atoms. The lowest BCUT2D eigenvalue weighted by Gasteiger charge is -2.26. The molecule has 1 heterocycles. The van der Waals surface area contributed by atoms with Crippen LogP contribution in [0.2, 0.25) is 0 Å². The highest BCUT2D eigenvalue weighted by Gasteiger charge is 2.30. The van der Waals surface area contributed by atoms with E-state index >= 15 is 0 Å². The lowest BCUT2D eigenvalue weighted by atomic mass is 9.78. The van der Waals surface area contributed by atoms with E-state index in [1.165, 1.54) is 47.2 Å². The third-order valence-electron chi connectivity index (χ3n) is 6.11. The minimum Gasteiger partial charge on any atom is -0.373 e. The Bertz CT molecular complexity index is 1050. The van der Waals surface area contributed by atoms with Gasteiger partial charge in [0.25, 0.3) is 0 Å². The summed E-state index contributed by atoms with van der Waals surface area (Å²) in [6.07, 6.45) is 5.62. The van der Waals surface area contributed by atoms with E-state index in [1.54, 1.807) is 11.1 Å². The molecule has 1 nitrogen and oxygen atoms in total. The number of fused-ring (bicyclic) bond motifs is 5. The predicted octanol–water partition coefficient (Wildman–Crippen LogP) is 6.89. The Hall–Kier alpha value is -2.64. The second-order valence-corrected chi connectivity index (χ2v) is 7.95. The minimum atomic E-state index is 0.531. The molecular weight excluding hydrogens is 340 g/mol. The van der Waals surface area contributed by atoms with Crippen LogP contribution in [0.25, 0.3) is 21.5 Å². The number of ether oxygens (including phenoxy) is 1. The van der Waals surface area contributed by atoms with Crippen LogP contribution in [0.5, 0.6) is 0 Å². The zero-order valence-electron chi connectivity index (χ0n) is 16.2. The highest BCUT2D eigenvalue weighted by atomic mass is 16.6. The van der Waals surface area contributed by atoms with Gasteiger partial charge in [0.2, 0.25) is 0 Å². The Kier molecular flexibility index (Phi) is 4.85. The topological polar surface area (TPSA) is 12.5 Å². The molecule has 6 rings (SSSR count). The normalized spacial score (nSPS) is 20.3. The first kappa shape index (κ1) is 17.5. The Morgan fingerprint density at radius 3 is 2.18 bits per heavy atom. The van der Waals surface area contributed by atoms with E-state index < -0.39 is 0 Å². The fourth-order valence-corrected chi connectivity index (χ4v) is 4.66. The van der Waals surface area contributed by atoms with Crippen LogP contribution in [0.15, 0.2) is 84.9 Å². The molecule has 1 aliphatic heterocycles. The van der Waals surface area contributed by atoms with E-state index in [2.05, 4.69) is 48.5 Å². The van der Waals surface area contributed by atoms with Gasteiger partial charge in [-0.2, -0.15) is 0 Å². The standard InChI is InChI=1S/C21H20O.C6H6/c1-2-6-17-14(4-1)8-9-21-19-7-3-5-15(12-16-13-22-16)18(19)10-11-20(17)21;1-2-4-6-5-3-1/h1-2,4,6,8-11,15-16H,3,5,7,12-13H2;1-6H. The summed E-state index contributed by atoms with van der Waals surface area (Å²) in [5.74, 6) is 0.701. The van der Waals surface area contributed by atoms with Crippen molar-refractivity contribution in [2.24, 2.45) is 0 Å². The lowest BCUT2D eigenvalue weighted by Crippen LogP contribution is -2.12. The van der Waals surface area contributed by atoms with E-state index in [1.807, 2.05) is 36.4 Å². The monoisotopic (exact) mass is 366 g/mol. The van der Waals surface area contributed by atoms with Crippen molar-refractivity contribution in [2.45, 2.75) is 37.7 Å². The zero-order chi connectivity index (χ0) is 18.8. The van der Waals surface area contributed by atoms with Crippen molar-refractivity contribution in [2.75, 3.05) is 6.61 Å². The first-order chi connectivity index (χ1) is 13.9. The molecule has 0 aromatic heterocycles. The van der Waals surface area contributed by atoms with Crippen LogP contribution < -0.4 is 0 Å². The van der Waals surface area contributed by atoms with Crippen LogP contribution in [0, 0.1) is 0 Å². The largest absolute Gasteiger partial charge is 0.373 e. The number of epoxide rings is 1. The summed E-state index contributed by atoms with van der Waals surface area (Å²) in [5.41, 5.74) is 3.18. The van der Waals surface area contributed by atoms with Crippen molar-refractivity contribution in [1.82, 2.24) is 0 Å². The molecule has 0 N–H and O–H groups in total. The molecule has 4 aromatic carbocycles. The number of aryl methyl sites for hydroxylation is 1. The van der Waals surface area contributed by atoms with Gasteiger partial charge in [0.1, 0.15) is 0 Å². The van der Waals surface area contributed by atoms with Crippen LogP contribution in [0.1, 0.15) is 36.3 Å². The number of rotatable bonds is 2. The highest BCUT2D eigenvalue weighted by molar-refractivity contribution is 6.08. The van der Waals surface area contributed by atoms with Gasteiger partial charge in [0.05, 0.1) is 12.7 Å². The van der Waals surface area contributed by atoms with E-state index in [0.29, 0.717) is 12.0 Å². The lowest BCUT2D eigenvalue weighted by molar-refractivity contribution is 0.369. The van der Waals surface area contributed by atoms with Crippen molar-refractivity contribution < 1.29 is 4.74 Å². The van der Waals surface area contributed by atoms with Crippen molar-refractivity contribution >= 4 is 21.5 Å². The Balaban J connectivity index is 0.000000246. The van der Waals surface area contributed by atoms with Crippen LogP contribution >= 0.6 is 0 Å². The zero-order valence-corrected chi connectivity index (χ0v) is 16.2. The van der Waals surface area contributed by atoms with Crippen molar-refractivity contribution in [3.05, 3.63) is 96.1 Å². The van der Waals surface area contributed by atoms with E-state index in [0.717, 1.165) is 6.61 Å². The summed E-state index contributed by atoms with van der Waals surface area (Å²) in [4.78, 5) is 0. The molecule has 0 amide bonds. The Labute approximate surface area is 167 Å². The number of hydrogen-bond acceptors (Lipinski definition) is 1. The molecule has 1 aliphatic carbocycles.